The summed E-state index contributed by atoms with van der Waals surface area (Å²) in [6, 6.07) is 5.62. The Morgan fingerprint density at radius 1 is 1.17 bits per heavy atom. The number of guanidine groups is 1. The van der Waals surface area contributed by atoms with E-state index in [2.05, 4.69) is 30.6 Å². The second-order valence-electron chi connectivity index (χ2n) is 6.00. The molecule has 0 fully saturated rings. The number of benzene rings is 1. The van der Waals surface area contributed by atoms with Gasteiger partial charge < -0.3 is 24.7 Å². The summed E-state index contributed by atoms with van der Waals surface area (Å²) in [4.78, 5) is 4.47. The van der Waals surface area contributed by atoms with Gasteiger partial charge in [-0.15, -0.1) is 23.4 Å². The van der Waals surface area contributed by atoms with Gasteiger partial charge >= 0.3 is 6.36 Å². The van der Waals surface area contributed by atoms with E-state index in [1.165, 1.54) is 12.1 Å². The number of methoxy groups -OCH3 is 1. The van der Waals surface area contributed by atoms with Crippen LogP contribution in [0.3, 0.4) is 0 Å². The van der Waals surface area contributed by atoms with Crippen LogP contribution in [0.15, 0.2) is 35.6 Å². The molecule has 2 aromatic rings. The highest BCUT2D eigenvalue weighted by Crippen LogP contribution is 2.22. The summed E-state index contributed by atoms with van der Waals surface area (Å²) in [5.41, 5.74) is 0.749. The van der Waals surface area contributed by atoms with E-state index in [4.69, 9.17) is 4.74 Å². The zero-order valence-corrected chi connectivity index (χ0v) is 16.4. The molecule has 29 heavy (non-hydrogen) atoms. The lowest BCUT2D eigenvalue weighted by molar-refractivity contribution is -0.274. The Morgan fingerprint density at radius 2 is 1.90 bits per heavy atom. The average Bonchev–Trinajstić information content (AvgIpc) is 3.13. The molecule has 0 saturated heterocycles. The van der Waals surface area contributed by atoms with Crippen LogP contribution < -0.4 is 15.4 Å². The molecule has 0 aliphatic carbocycles. The molecule has 0 atom stereocenters. The van der Waals surface area contributed by atoms with E-state index in [0.717, 1.165) is 17.8 Å². The van der Waals surface area contributed by atoms with Crippen LogP contribution in [-0.2, 0) is 24.2 Å². The summed E-state index contributed by atoms with van der Waals surface area (Å²) in [6.45, 7) is 4.65. The van der Waals surface area contributed by atoms with Crippen molar-refractivity contribution in [2.45, 2.75) is 32.8 Å². The number of hydrogen-bond acceptors (Lipinski definition) is 5. The van der Waals surface area contributed by atoms with Crippen molar-refractivity contribution in [2.75, 3.05) is 26.8 Å². The Hall–Kier alpha value is -2.82. The maximum Gasteiger partial charge on any atom is 0.573 e. The molecule has 0 bridgehead atoms. The van der Waals surface area contributed by atoms with Gasteiger partial charge in [-0.1, -0.05) is 19.1 Å². The zero-order chi connectivity index (χ0) is 21.1. The molecule has 8 nitrogen and oxygen atoms in total. The summed E-state index contributed by atoms with van der Waals surface area (Å²) in [5.74, 6) is 1.21. The minimum atomic E-state index is -4.70. The van der Waals surface area contributed by atoms with Gasteiger partial charge in [0.05, 0.1) is 13.2 Å². The highest BCUT2D eigenvalue weighted by atomic mass is 19.4. The fourth-order valence-corrected chi connectivity index (χ4v) is 2.45. The monoisotopic (exact) mass is 414 g/mol. The molecule has 1 aromatic heterocycles. The van der Waals surface area contributed by atoms with Crippen LogP contribution in [-0.4, -0.2) is 53.9 Å². The van der Waals surface area contributed by atoms with E-state index in [9.17, 15) is 13.2 Å². The molecule has 0 unspecified atom stereocenters. The Kier molecular flexibility index (Phi) is 8.71. The van der Waals surface area contributed by atoms with Crippen molar-refractivity contribution < 1.29 is 22.6 Å². The molecule has 1 aromatic carbocycles. The summed E-state index contributed by atoms with van der Waals surface area (Å²) in [7, 11) is 1.61. The smallest absolute Gasteiger partial charge is 0.406 e. The van der Waals surface area contributed by atoms with Crippen molar-refractivity contribution in [3.63, 3.8) is 0 Å². The lowest BCUT2D eigenvalue weighted by Gasteiger charge is -2.13. The van der Waals surface area contributed by atoms with Gasteiger partial charge in [0.1, 0.15) is 17.9 Å². The number of nitrogens with one attached hydrogen (secondary N) is 2. The molecule has 0 radical (unpaired) electrons. The number of alkyl halides is 3. The Bertz CT molecular complexity index is 762. The van der Waals surface area contributed by atoms with E-state index in [1.54, 1.807) is 25.6 Å². The van der Waals surface area contributed by atoms with Gasteiger partial charge in [-0.3, -0.25) is 0 Å². The van der Waals surface area contributed by atoms with Crippen molar-refractivity contribution in [1.82, 2.24) is 25.4 Å². The van der Waals surface area contributed by atoms with Crippen LogP contribution in [0.4, 0.5) is 13.2 Å². The SMILES string of the molecule is CCc1nncn1CCNC(=NCc1ccc(OC(F)(F)F)cc1)NCCOC. The minimum Gasteiger partial charge on any atom is -0.406 e. The molecular formula is C18H25F3N6O2. The first-order valence-electron chi connectivity index (χ1n) is 9.13. The van der Waals surface area contributed by atoms with Crippen LogP contribution in [0.2, 0.25) is 0 Å². The molecule has 0 spiro atoms. The third-order valence-electron chi connectivity index (χ3n) is 3.83. The molecule has 2 rings (SSSR count). The first kappa shape index (κ1) is 22.5. The number of rotatable bonds is 10. The van der Waals surface area contributed by atoms with Crippen LogP contribution >= 0.6 is 0 Å². The third kappa shape index (κ3) is 8.38. The molecule has 11 heteroatoms. The van der Waals surface area contributed by atoms with Crippen LogP contribution in [0.25, 0.3) is 0 Å². The van der Waals surface area contributed by atoms with Crippen LogP contribution in [0.1, 0.15) is 18.3 Å². The van der Waals surface area contributed by atoms with Gasteiger partial charge in [-0.2, -0.15) is 0 Å². The van der Waals surface area contributed by atoms with Crippen molar-refractivity contribution >= 4 is 5.96 Å². The quantitative estimate of drug-likeness (QED) is 0.352. The topological polar surface area (TPSA) is 85.6 Å². The average molecular weight is 414 g/mol. The lowest BCUT2D eigenvalue weighted by atomic mass is 10.2. The van der Waals surface area contributed by atoms with Crippen molar-refractivity contribution in [2.24, 2.45) is 4.99 Å². The highest BCUT2D eigenvalue weighted by Gasteiger charge is 2.30. The van der Waals surface area contributed by atoms with Gasteiger partial charge in [0.2, 0.25) is 0 Å². The Balaban J connectivity index is 1.92. The number of aromatic nitrogens is 3. The minimum absolute atomic E-state index is 0.262. The maximum absolute atomic E-state index is 12.2. The van der Waals surface area contributed by atoms with Gasteiger partial charge in [0.25, 0.3) is 0 Å². The standard InChI is InChI=1S/C18H25F3N6O2/c1-3-16-26-25-13-27(16)10-8-22-17(23-9-11-28-2)24-12-14-4-6-15(7-5-14)29-18(19,20)21/h4-7,13H,3,8-12H2,1-2H3,(H2,22,23,24). The van der Waals surface area contributed by atoms with Crippen molar-refractivity contribution in [1.29, 1.82) is 0 Å². The van der Waals surface area contributed by atoms with E-state index >= 15 is 0 Å². The van der Waals surface area contributed by atoms with Crippen molar-refractivity contribution in [3.05, 3.63) is 42.0 Å². The Morgan fingerprint density at radius 3 is 2.55 bits per heavy atom. The fourth-order valence-electron chi connectivity index (χ4n) is 2.45. The number of hydrogen-bond donors (Lipinski definition) is 2. The largest absolute Gasteiger partial charge is 0.573 e. The van der Waals surface area contributed by atoms with Gasteiger partial charge in [-0.25, -0.2) is 4.99 Å². The van der Waals surface area contributed by atoms with E-state index in [0.29, 0.717) is 38.7 Å². The number of nitrogens with zero attached hydrogens (tertiary/aromatic N) is 4. The second-order valence-corrected chi connectivity index (χ2v) is 6.00. The summed E-state index contributed by atoms with van der Waals surface area (Å²) in [5, 5.41) is 14.3. The molecular weight excluding hydrogens is 389 g/mol. The van der Waals surface area contributed by atoms with Crippen molar-refractivity contribution in [3.8, 4) is 5.75 Å². The van der Waals surface area contributed by atoms with Crippen LogP contribution in [0, 0.1) is 0 Å². The molecule has 2 N–H and O–H groups in total. The number of aliphatic imine (C=N–C) groups is 1. The molecule has 0 aliphatic heterocycles. The summed E-state index contributed by atoms with van der Waals surface area (Å²) >= 11 is 0. The molecule has 160 valence electrons. The molecule has 0 aliphatic rings. The predicted molar refractivity (Wildman–Crippen MR) is 102 cm³/mol. The van der Waals surface area contributed by atoms with Crippen LogP contribution in [0.5, 0.6) is 5.75 Å². The summed E-state index contributed by atoms with van der Waals surface area (Å²) < 4.78 is 47.5. The first-order chi connectivity index (χ1) is 13.9. The van der Waals surface area contributed by atoms with E-state index in [-0.39, 0.29) is 5.75 Å². The second kappa shape index (κ2) is 11.2. The van der Waals surface area contributed by atoms with E-state index < -0.39 is 6.36 Å². The van der Waals surface area contributed by atoms with Gasteiger partial charge in [-0.05, 0) is 17.7 Å². The third-order valence-corrected chi connectivity index (χ3v) is 3.83. The first-order valence-corrected chi connectivity index (χ1v) is 9.13. The Labute approximate surface area is 167 Å². The van der Waals surface area contributed by atoms with Gasteiger partial charge in [0.15, 0.2) is 5.96 Å². The summed E-state index contributed by atoms with van der Waals surface area (Å²) in [6.07, 6.45) is -2.23. The fraction of sp³-hybridized carbons (Fsp3) is 0.500. The molecule has 0 amide bonds. The lowest BCUT2D eigenvalue weighted by Crippen LogP contribution is -2.40. The predicted octanol–water partition coefficient (Wildman–Crippen LogP) is 2.12. The molecule has 0 saturated carbocycles. The number of halogens is 3. The van der Waals surface area contributed by atoms with E-state index in [1.807, 2.05) is 11.5 Å². The number of aryl methyl sites for hydroxylation is 1. The zero-order valence-electron chi connectivity index (χ0n) is 16.4. The number of ether oxygens (including phenoxy) is 2. The maximum atomic E-state index is 12.2. The molecule has 1 heterocycles. The highest BCUT2D eigenvalue weighted by molar-refractivity contribution is 5.79. The normalized spacial score (nSPS) is 12.1. The van der Waals surface area contributed by atoms with Gasteiger partial charge in [0, 0.05) is 33.2 Å².